The van der Waals surface area contributed by atoms with Crippen LogP contribution in [0.4, 0.5) is 13.2 Å². The predicted octanol–water partition coefficient (Wildman–Crippen LogP) is 1.73. The fraction of sp³-hybridized carbons (Fsp3) is 0.0909. The molecule has 2 rings (SSSR count). The van der Waals surface area contributed by atoms with Gasteiger partial charge in [0.05, 0.1) is 18.0 Å². The maximum Gasteiger partial charge on any atom is 0.354 e. The molecule has 0 spiro atoms. The van der Waals surface area contributed by atoms with E-state index in [1.165, 1.54) is 0 Å². The Bertz CT molecular complexity index is 709. The maximum atomic E-state index is 13.4. The Hall–Kier alpha value is -2.31. The lowest BCUT2D eigenvalue weighted by atomic mass is 10.1. The summed E-state index contributed by atoms with van der Waals surface area (Å²) in [5.41, 5.74) is -1.54. The smallest absolute Gasteiger partial charge is 0.354 e. The third-order valence-electron chi connectivity index (χ3n) is 2.36. The molecular formula is C11H6F3NO3. The summed E-state index contributed by atoms with van der Waals surface area (Å²) < 4.78 is 43.7. The Kier molecular flexibility index (Phi) is 2.82. The number of pyridine rings is 1. The molecule has 2 aromatic rings. The second-order valence-corrected chi connectivity index (χ2v) is 3.45. The molecule has 0 saturated carbocycles. The van der Waals surface area contributed by atoms with E-state index in [1.54, 1.807) is 0 Å². The Balaban J connectivity index is 2.87. The van der Waals surface area contributed by atoms with Gasteiger partial charge in [0, 0.05) is 12.1 Å². The molecule has 0 aliphatic carbocycles. The topological polar surface area (TPSA) is 59.2 Å². The van der Waals surface area contributed by atoms with Crippen LogP contribution in [0.25, 0.3) is 10.9 Å². The Morgan fingerprint density at radius 3 is 2.50 bits per heavy atom. The number of aromatic nitrogens is 1. The zero-order chi connectivity index (χ0) is 13.4. The molecule has 0 aliphatic rings. The van der Waals surface area contributed by atoms with Crippen LogP contribution < -0.4 is 5.43 Å². The summed E-state index contributed by atoms with van der Waals surface area (Å²) in [6.45, 7) is 0. The van der Waals surface area contributed by atoms with Crippen molar-refractivity contribution in [2.24, 2.45) is 0 Å². The van der Waals surface area contributed by atoms with Gasteiger partial charge in [0.1, 0.15) is 5.69 Å². The Morgan fingerprint density at radius 2 is 1.89 bits per heavy atom. The summed E-state index contributed by atoms with van der Waals surface area (Å²) in [5, 5.41) is -0.651. The van der Waals surface area contributed by atoms with E-state index in [-0.39, 0.29) is 11.2 Å². The third-order valence-corrected chi connectivity index (χ3v) is 2.36. The van der Waals surface area contributed by atoms with Crippen LogP contribution in [-0.2, 0) is 4.74 Å². The van der Waals surface area contributed by atoms with E-state index in [9.17, 15) is 22.8 Å². The fourth-order valence-corrected chi connectivity index (χ4v) is 1.54. The molecule has 94 valence electrons. The van der Waals surface area contributed by atoms with E-state index < -0.39 is 34.2 Å². The first-order chi connectivity index (χ1) is 8.45. The highest BCUT2D eigenvalue weighted by Gasteiger charge is 2.18. The first-order valence-electron chi connectivity index (χ1n) is 4.74. The monoisotopic (exact) mass is 257 g/mol. The van der Waals surface area contributed by atoms with Gasteiger partial charge in [0.2, 0.25) is 0 Å². The molecule has 0 amide bonds. The number of rotatable bonds is 1. The number of nitrogens with one attached hydrogen (secondary N) is 1. The number of fused-ring (bicyclic) bond motifs is 1. The quantitative estimate of drug-likeness (QED) is 0.625. The molecule has 1 aromatic heterocycles. The SMILES string of the molecule is COC(=O)c1cc(=O)c2c(F)c(F)c(F)cc2[nH]1. The van der Waals surface area contributed by atoms with Gasteiger partial charge in [-0.25, -0.2) is 18.0 Å². The minimum Gasteiger partial charge on any atom is -0.464 e. The van der Waals surface area contributed by atoms with Crippen LogP contribution in [0.15, 0.2) is 16.9 Å². The summed E-state index contributed by atoms with van der Waals surface area (Å²) in [5.74, 6) is -5.67. The minimum atomic E-state index is -1.74. The van der Waals surface area contributed by atoms with Crippen LogP contribution >= 0.6 is 0 Å². The average Bonchev–Trinajstić information content (AvgIpc) is 2.34. The number of carbonyl (C=O) groups excluding carboxylic acids is 1. The van der Waals surface area contributed by atoms with Gasteiger partial charge >= 0.3 is 5.97 Å². The van der Waals surface area contributed by atoms with E-state index >= 15 is 0 Å². The average molecular weight is 257 g/mol. The molecule has 7 heteroatoms. The van der Waals surface area contributed by atoms with Gasteiger partial charge in [0.15, 0.2) is 22.9 Å². The third kappa shape index (κ3) is 1.73. The van der Waals surface area contributed by atoms with E-state index in [0.29, 0.717) is 6.07 Å². The van der Waals surface area contributed by atoms with Crippen LogP contribution in [-0.4, -0.2) is 18.1 Å². The van der Waals surface area contributed by atoms with Crippen molar-refractivity contribution >= 4 is 16.9 Å². The number of H-pyrrole nitrogens is 1. The van der Waals surface area contributed by atoms with E-state index in [2.05, 4.69) is 9.72 Å². The van der Waals surface area contributed by atoms with E-state index in [1.807, 2.05) is 0 Å². The zero-order valence-electron chi connectivity index (χ0n) is 9.01. The number of halogens is 3. The van der Waals surface area contributed by atoms with Gasteiger partial charge in [-0.3, -0.25) is 4.79 Å². The minimum absolute atomic E-state index is 0.277. The first kappa shape index (κ1) is 12.2. The van der Waals surface area contributed by atoms with Gasteiger partial charge in [-0.15, -0.1) is 0 Å². The molecule has 18 heavy (non-hydrogen) atoms. The summed E-state index contributed by atoms with van der Waals surface area (Å²) in [7, 11) is 1.08. The highest BCUT2D eigenvalue weighted by atomic mass is 19.2. The maximum absolute atomic E-state index is 13.4. The number of aromatic amines is 1. The lowest BCUT2D eigenvalue weighted by Crippen LogP contribution is -2.13. The zero-order valence-corrected chi connectivity index (χ0v) is 9.01. The van der Waals surface area contributed by atoms with Crippen molar-refractivity contribution in [2.45, 2.75) is 0 Å². The molecular weight excluding hydrogens is 251 g/mol. The second-order valence-electron chi connectivity index (χ2n) is 3.45. The van der Waals surface area contributed by atoms with Crippen LogP contribution in [0, 0.1) is 17.5 Å². The van der Waals surface area contributed by atoms with Gasteiger partial charge in [-0.2, -0.15) is 0 Å². The molecule has 1 N–H and O–H groups in total. The van der Waals surface area contributed by atoms with Crippen molar-refractivity contribution in [1.29, 1.82) is 0 Å². The first-order valence-corrected chi connectivity index (χ1v) is 4.74. The number of carbonyl (C=O) groups is 1. The van der Waals surface area contributed by atoms with Gasteiger partial charge < -0.3 is 9.72 Å². The highest BCUT2D eigenvalue weighted by Crippen LogP contribution is 2.19. The normalized spacial score (nSPS) is 10.7. The second kappa shape index (κ2) is 4.17. The van der Waals surface area contributed by atoms with Gasteiger partial charge in [-0.1, -0.05) is 0 Å². The predicted molar refractivity (Wildman–Crippen MR) is 55.8 cm³/mol. The molecule has 0 bridgehead atoms. The molecule has 4 nitrogen and oxygen atoms in total. The van der Waals surface area contributed by atoms with Crippen molar-refractivity contribution in [2.75, 3.05) is 7.11 Å². The van der Waals surface area contributed by atoms with Crippen LogP contribution in [0.3, 0.4) is 0 Å². The van der Waals surface area contributed by atoms with Crippen LogP contribution in [0.2, 0.25) is 0 Å². The van der Waals surface area contributed by atoms with Crippen molar-refractivity contribution in [3.8, 4) is 0 Å². The molecule has 0 fully saturated rings. The largest absolute Gasteiger partial charge is 0.464 e. The van der Waals surface area contributed by atoms with Crippen molar-refractivity contribution in [1.82, 2.24) is 4.98 Å². The molecule has 0 radical (unpaired) electrons. The van der Waals surface area contributed by atoms with Crippen LogP contribution in [0.1, 0.15) is 10.5 Å². The summed E-state index contributed by atoms with van der Waals surface area (Å²) >= 11 is 0. The Morgan fingerprint density at radius 1 is 1.22 bits per heavy atom. The van der Waals surface area contributed by atoms with Crippen molar-refractivity contribution in [3.63, 3.8) is 0 Å². The number of hydrogen-bond donors (Lipinski definition) is 1. The molecule has 1 heterocycles. The summed E-state index contributed by atoms with van der Waals surface area (Å²) in [6.07, 6.45) is 0. The summed E-state index contributed by atoms with van der Waals surface area (Å²) in [4.78, 5) is 25.0. The summed E-state index contributed by atoms with van der Waals surface area (Å²) in [6, 6.07) is 1.36. The van der Waals surface area contributed by atoms with Crippen LogP contribution in [0.5, 0.6) is 0 Å². The number of ether oxygens (including phenoxy) is 1. The van der Waals surface area contributed by atoms with E-state index in [0.717, 1.165) is 13.2 Å². The molecule has 1 aromatic carbocycles. The Labute approximate surface area is 98.0 Å². The molecule has 0 aliphatic heterocycles. The highest BCUT2D eigenvalue weighted by molar-refractivity contribution is 5.91. The van der Waals surface area contributed by atoms with E-state index in [4.69, 9.17) is 0 Å². The standard InChI is InChI=1S/C11H6F3NO3/c1-18-11(17)6-3-7(16)8-5(15-6)2-4(12)9(13)10(8)14/h2-3H,1H3,(H,15,16). The lowest BCUT2D eigenvalue weighted by molar-refractivity contribution is 0.0594. The number of benzene rings is 1. The molecule has 0 unspecified atom stereocenters. The van der Waals surface area contributed by atoms with Gasteiger partial charge in [-0.05, 0) is 0 Å². The molecule has 0 atom stereocenters. The number of methoxy groups -OCH3 is 1. The van der Waals surface area contributed by atoms with Crippen molar-refractivity contribution in [3.05, 3.63) is 45.5 Å². The molecule has 0 saturated heterocycles. The number of esters is 1. The van der Waals surface area contributed by atoms with Crippen molar-refractivity contribution < 1.29 is 22.7 Å². The number of hydrogen-bond acceptors (Lipinski definition) is 3. The fourth-order valence-electron chi connectivity index (χ4n) is 1.54. The van der Waals surface area contributed by atoms with Gasteiger partial charge in [0.25, 0.3) is 0 Å². The lowest BCUT2D eigenvalue weighted by Gasteiger charge is -2.04.